The van der Waals surface area contributed by atoms with Crippen LogP contribution < -0.4 is 9.64 Å². The molecule has 1 aliphatic heterocycles. The van der Waals surface area contributed by atoms with Crippen LogP contribution in [0.2, 0.25) is 0 Å². The number of amides is 1. The number of fused-ring (bicyclic) bond motifs is 1. The Bertz CT molecular complexity index is 1100. The lowest BCUT2D eigenvalue weighted by Crippen LogP contribution is -2.23. The van der Waals surface area contributed by atoms with Gasteiger partial charge in [-0.25, -0.2) is 0 Å². The van der Waals surface area contributed by atoms with Crippen molar-refractivity contribution in [1.82, 2.24) is 0 Å². The Labute approximate surface area is 173 Å². The van der Waals surface area contributed by atoms with Gasteiger partial charge < -0.3 is 18.8 Å². The van der Waals surface area contributed by atoms with Crippen molar-refractivity contribution in [2.24, 2.45) is 0 Å². The smallest absolute Gasteiger partial charge is 0.310 e. The van der Waals surface area contributed by atoms with Crippen molar-refractivity contribution >= 4 is 34.3 Å². The number of Topliss-reactive ketones (excluding diaryl/α,β-unsaturated/α-hetero) is 1. The van der Waals surface area contributed by atoms with E-state index in [0.29, 0.717) is 35.4 Å². The SMILES string of the molecule is COc1ccc2c(CC(=O)OCC(=O)c3ccc(N4CCCC4=O)cc3)coc2c1. The van der Waals surface area contributed by atoms with Gasteiger partial charge in [-0.15, -0.1) is 0 Å². The van der Waals surface area contributed by atoms with Gasteiger partial charge in [0.05, 0.1) is 19.8 Å². The number of furan rings is 1. The average Bonchev–Trinajstić information content (AvgIpc) is 3.37. The third kappa shape index (κ3) is 4.05. The van der Waals surface area contributed by atoms with E-state index in [4.69, 9.17) is 13.9 Å². The van der Waals surface area contributed by atoms with Gasteiger partial charge in [-0.3, -0.25) is 14.4 Å². The van der Waals surface area contributed by atoms with Gasteiger partial charge in [-0.05, 0) is 42.8 Å². The first kappa shape index (κ1) is 19.7. The second kappa shape index (κ2) is 8.41. The molecule has 0 atom stereocenters. The maximum atomic E-state index is 12.3. The van der Waals surface area contributed by atoms with E-state index in [0.717, 1.165) is 17.5 Å². The van der Waals surface area contributed by atoms with E-state index < -0.39 is 5.97 Å². The minimum atomic E-state index is -0.513. The van der Waals surface area contributed by atoms with E-state index in [2.05, 4.69) is 0 Å². The minimum Gasteiger partial charge on any atom is -0.497 e. The summed E-state index contributed by atoms with van der Waals surface area (Å²) in [6.07, 6.45) is 2.90. The predicted molar refractivity (Wildman–Crippen MR) is 110 cm³/mol. The van der Waals surface area contributed by atoms with Crippen molar-refractivity contribution in [2.75, 3.05) is 25.2 Å². The molecule has 1 fully saturated rings. The lowest BCUT2D eigenvalue weighted by atomic mass is 10.1. The second-order valence-corrected chi connectivity index (χ2v) is 7.08. The van der Waals surface area contributed by atoms with Crippen LogP contribution in [-0.2, 0) is 20.7 Å². The first-order valence-electron chi connectivity index (χ1n) is 9.68. The third-order valence-corrected chi connectivity index (χ3v) is 5.14. The summed E-state index contributed by atoms with van der Waals surface area (Å²) >= 11 is 0. The Balaban J connectivity index is 1.33. The standard InChI is InChI=1S/C23H21NO6/c1-28-18-8-9-19-16(13-29-21(19)12-18)11-23(27)30-14-20(25)15-4-6-17(7-5-15)24-10-2-3-22(24)26/h4-9,12-13H,2-3,10-11,14H2,1H3. The van der Waals surface area contributed by atoms with E-state index in [-0.39, 0.29) is 24.7 Å². The Morgan fingerprint density at radius 2 is 1.93 bits per heavy atom. The molecule has 1 aromatic heterocycles. The predicted octanol–water partition coefficient (Wildman–Crippen LogP) is 3.54. The number of carbonyl (C=O) groups excluding carboxylic acids is 3. The summed E-state index contributed by atoms with van der Waals surface area (Å²) in [5.41, 5.74) is 2.50. The van der Waals surface area contributed by atoms with Crippen LogP contribution in [0.3, 0.4) is 0 Å². The summed E-state index contributed by atoms with van der Waals surface area (Å²) in [6.45, 7) is 0.351. The zero-order valence-electron chi connectivity index (χ0n) is 16.6. The van der Waals surface area contributed by atoms with Crippen LogP contribution in [0.25, 0.3) is 11.0 Å². The summed E-state index contributed by atoms with van der Waals surface area (Å²) in [4.78, 5) is 38.0. The van der Waals surface area contributed by atoms with Crippen molar-refractivity contribution < 1.29 is 28.3 Å². The van der Waals surface area contributed by atoms with Gasteiger partial charge in [0.25, 0.3) is 0 Å². The van der Waals surface area contributed by atoms with E-state index in [1.807, 2.05) is 6.07 Å². The maximum Gasteiger partial charge on any atom is 0.310 e. The number of hydrogen-bond donors (Lipinski definition) is 0. The number of benzene rings is 2. The number of nitrogens with zero attached hydrogens (tertiary/aromatic N) is 1. The van der Waals surface area contributed by atoms with Gasteiger partial charge >= 0.3 is 5.97 Å². The fourth-order valence-corrected chi connectivity index (χ4v) is 3.51. The molecule has 2 heterocycles. The van der Waals surface area contributed by atoms with Crippen LogP contribution in [0.1, 0.15) is 28.8 Å². The highest BCUT2D eigenvalue weighted by Gasteiger charge is 2.22. The molecule has 1 saturated heterocycles. The van der Waals surface area contributed by atoms with Crippen molar-refractivity contribution in [3.63, 3.8) is 0 Å². The van der Waals surface area contributed by atoms with E-state index >= 15 is 0 Å². The van der Waals surface area contributed by atoms with Crippen LogP contribution >= 0.6 is 0 Å². The summed E-state index contributed by atoms with van der Waals surface area (Å²) < 4.78 is 15.8. The molecule has 1 aliphatic rings. The molecule has 4 rings (SSSR count). The van der Waals surface area contributed by atoms with Gasteiger partial charge in [0.15, 0.2) is 12.4 Å². The van der Waals surface area contributed by atoms with Crippen LogP contribution in [0.15, 0.2) is 53.1 Å². The van der Waals surface area contributed by atoms with Crippen molar-refractivity contribution in [3.8, 4) is 5.75 Å². The van der Waals surface area contributed by atoms with Crippen molar-refractivity contribution in [3.05, 3.63) is 59.9 Å². The van der Waals surface area contributed by atoms with Crippen LogP contribution in [0.5, 0.6) is 5.75 Å². The topological polar surface area (TPSA) is 86.0 Å². The first-order chi connectivity index (χ1) is 14.5. The van der Waals surface area contributed by atoms with Crippen LogP contribution in [0.4, 0.5) is 5.69 Å². The maximum absolute atomic E-state index is 12.3. The molecule has 0 unspecified atom stereocenters. The molecule has 2 aromatic carbocycles. The lowest BCUT2D eigenvalue weighted by molar-refractivity contribution is -0.141. The highest BCUT2D eigenvalue weighted by atomic mass is 16.5. The van der Waals surface area contributed by atoms with Crippen LogP contribution in [-0.4, -0.2) is 37.9 Å². The molecule has 7 heteroatoms. The van der Waals surface area contributed by atoms with Gasteiger partial charge in [0, 0.05) is 41.2 Å². The van der Waals surface area contributed by atoms with Crippen molar-refractivity contribution in [2.45, 2.75) is 19.3 Å². The van der Waals surface area contributed by atoms with Gasteiger partial charge in [-0.2, -0.15) is 0 Å². The number of ketones is 1. The molecule has 0 saturated carbocycles. The largest absolute Gasteiger partial charge is 0.497 e. The molecule has 1 amide bonds. The van der Waals surface area contributed by atoms with Gasteiger partial charge in [0.2, 0.25) is 5.91 Å². The van der Waals surface area contributed by atoms with E-state index in [1.54, 1.807) is 48.4 Å². The highest BCUT2D eigenvalue weighted by molar-refractivity contribution is 5.99. The van der Waals surface area contributed by atoms with E-state index in [9.17, 15) is 14.4 Å². The summed E-state index contributed by atoms with van der Waals surface area (Å²) in [6, 6.07) is 12.1. The molecule has 0 aliphatic carbocycles. The number of anilines is 1. The summed E-state index contributed by atoms with van der Waals surface area (Å²) in [7, 11) is 1.57. The molecule has 0 bridgehead atoms. The van der Waals surface area contributed by atoms with Crippen LogP contribution in [0, 0.1) is 0 Å². The van der Waals surface area contributed by atoms with Gasteiger partial charge in [0.1, 0.15) is 11.3 Å². The zero-order valence-corrected chi connectivity index (χ0v) is 16.6. The quantitative estimate of drug-likeness (QED) is 0.440. The minimum absolute atomic E-state index is 0.00260. The molecular weight excluding hydrogens is 386 g/mol. The van der Waals surface area contributed by atoms with Crippen molar-refractivity contribution in [1.29, 1.82) is 0 Å². The normalized spacial score (nSPS) is 13.6. The van der Waals surface area contributed by atoms with Gasteiger partial charge in [-0.1, -0.05) is 0 Å². The average molecular weight is 407 g/mol. The fourth-order valence-electron chi connectivity index (χ4n) is 3.51. The zero-order chi connectivity index (χ0) is 21.1. The number of ether oxygens (including phenoxy) is 2. The number of methoxy groups -OCH3 is 1. The van der Waals surface area contributed by atoms with E-state index in [1.165, 1.54) is 6.26 Å². The Kier molecular flexibility index (Phi) is 5.52. The summed E-state index contributed by atoms with van der Waals surface area (Å²) in [5.74, 6) is -0.0597. The Hall–Kier alpha value is -3.61. The number of carbonyl (C=O) groups is 3. The highest BCUT2D eigenvalue weighted by Crippen LogP contribution is 2.26. The molecule has 0 radical (unpaired) electrons. The monoisotopic (exact) mass is 407 g/mol. The number of rotatable bonds is 7. The number of hydrogen-bond acceptors (Lipinski definition) is 6. The lowest BCUT2D eigenvalue weighted by Gasteiger charge is -2.15. The molecule has 3 aromatic rings. The summed E-state index contributed by atoms with van der Waals surface area (Å²) in [5, 5.41) is 0.797. The third-order valence-electron chi connectivity index (χ3n) is 5.14. The molecule has 7 nitrogen and oxygen atoms in total. The Morgan fingerprint density at radius 3 is 2.63 bits per heavy atom. The Morgan fingerprint density at radius 1 is 1.13 bits per heavy atom. The number of esters is 1. The second-order valence-electron chi connectivity index (χ2n) is 7.08. The molecular formula is C23H21NO6. The molecule has 0 spiro atoms. The molecule has 154 valence electrons. The fraction of sp³-hybridized carbons (Fsp3) is 0.261. The molecule has 30 heavy (non-hydrogen) atoms. The first-order valence-corrected chi connectivity index (χ1v) is 9.68. The molecule has 0 N–H and O–H groups in total.